The van der Waals surface area contributed by atoms with E-state index in [1.807, 2.05) is 12.1 Å². The number of pyridine rings is 1. The van der Waals surface area contributed by atoms with Gasteiger partial charge in [-0.05, 0) is 55.4 Å². The largest absolute Gasteiger partial charge is 0.338 e. The van der Waals surface area contributed by atoms with Crippen molar-refractivity contribution in [3.63, 3.8) is 0 Å². The topological polar surface area (TPSA) is 57.3 Å². The molecule has 1 saturated heterocycles. The molecule has 2 aromatic rings. The van der Waals surface area contributed by atoms with E-state index in [1.165, 1.54) is 11.3 Å². The highest BCUT2D eigenvalue weighted by molar-refractivity contribution is 7.10. The number of thiophene rings is 1. The number of rotatable bonds is 5. The molecule has 6 heteroatoms. The van der Waals surface area contributed by atoms with Crippen molar-refractivity contribution < 1.29 is 4.79 Å². The van der Waals surface area contributed by atoms with Crippen molar-refractivity contribution in [3.05, 3.63) is 52.5 Å². The number of likely N-dealkylation sites (tertiary alicyclic amines) is 1. The lowest BCUT2D eigenvalue weighted by atomic mass is 9.88. The monoisotopic (exact) mass is 344 g/mol. The zero-order valence-electron chi connectivity index (χ0n) is 13.9. The maximum absolute atomic E-state index is 12.1. The van der Waals surface area contributed by atoms with E-state index in [4.69, 9.17) is 0 Å². The predicted molar refractivity (Wildman–Crippen MR) is 96.9 cm³/mol. The Morgan fingerprint density at radius 1 is 1.38 bits per heavy atom. The summed E-state index contributed by atoms with van der Waals surface area (Å²) in [5.74, 6) is 0.451. The molecule has 1 aliphatic rings. The van der Waals surface area contributed by atoms with Gasteiger partial charge in [0.1, 0.15) is 0 Å². The van der Waals surface area contributed by atoms with Crippen molar-refractivity contribution in [2.75, 3.05) is 20.1 Å². The van der Waals surface area contributed by atoms with Crippen LogP contribution in [-0.4, -0.2) is 36.1 Å². The first-order valence-corrected chi connectivity index (χ1v) is 9.26. The highest BCUT2D eigenvalue weighted by atomic mass is 32.1. The molecule has 128 valence electrons. The third kappa shape index (κ3) is 4.33. The lowest BCUT2D eigenvalue weighted by Crippen LogP contribution is -2.44. The maximum atomic E-state index is 12.1. The summed E-state index contributed by atoms with van der Waals surface area (Å²) in [4.78, 5) is 19.9. The Morgan fingerprint density at radius 3 is 3.04 bits per heavy atom. The first-order valence-electron chi connectivity index (χ1n) is 8.38. The van der Waals surface area contributed by atoms with Crippen molar-refractivity contribution in [2.24, 2.45) is 5.92 Å². The average molecular weight is 344 g/mol. The molecule has 1 aliphatic heterocycles. The maximum Gasteiger partial charge on any atom is 0.315 e. The second-order valence-electron chi connectivity index (χ2n) is 6.27. The Hall–Kier alpha value is -1.92. The van der Waals surface area contributed by atoms with Crippen LogP contribution < -0.4 is 10.6 Å². The van der Waals surface area contributed by atoms with Gasteiger partial charge in [-0.1, -0.05) is 12.1 Å². The van der Waals surface area contributed by atoms with Gasteiger partial charge in [-0.15, -0.1) is 11.3 Å². The summed E-state index contributed by atoms with van der Waals surface area (Å²) >= 11 is 1.80. The van der Waals surface area contributed by atoms with Crippen LogP contribution in [0.25, 0.3) is 0 Å². The Labute approximate surface area is 147 Å². The van der Waals surface area contributed by atoms with Gasteiger partial charge in [0.05, 0.1) is 0 Å². The van der Waals surface area contributed by atoms with Crippen LogP contribution in [-0.2, 0) is 6.54 Å². The molecule has 2 amide bonds. The molecular weight excluding hydrogens is 320 g/mol. The van der Waals surface area contributed by atoms with Gasteiger partial charge in [0.25, 0.3) is 0 Å². The smallest absolute Gasteiger partial charge is 0.315 e. The van der Waals surface area contributed by atoms with E-state index < -0.39 is 0 Å². The van der Waals surface area contributed by atoms with Crippen LogP contribution in [0.5, 0.6) is 0 Å². The predicted octanol–water partition coefficient (Wildman–Crippen LogP) is 3.03. The number of urea groups is 1. The Kier molecular flexibility index (Phi) is 5.82. The Morgan fingerprint density at radius 2 is 2.29 bits per heavy atom. The molecule has 2 aromatic heterocycles. The van der Waals surface area contributed by atoms with Crippen molar-refractivity contribution in [2.45, 2.75) is 25.4 Å². The highest BCUT2D eigenvalue weighted by Gasteiger charge is 2.31. The van der Waals surface area contributed by atoms with Crippen molar-refractivity contribution in [3.8, 4) is 0 Å². The van der Waals surface area contributed by atoms with Gasteiger partial charge < -0.3 is 10.6 Å². The van der Waals surface area contributed by atoms with Gasteiger partial charge in [0.15, 0.2) is 0 Å². The number of piperidine rings is 1. The zero-order chi connectivity index (χ0) is 16.8. The van der Waals surface area contributed by atoms with Crippen LogP contribution in [0.2, 0.25) is 0 Å². The molecule has 1 fully saturated rings. The number of nitrogens with zero attached hydrogens (tertiary/aromatic N) is 2. The number of nitrogens with one attached hydrogen (secondary N) is 2. The van der Waals surface area contributed by atoms with Crippen molar-refractivity contribution in [1.29, 1.82) is 0 Å². The minimum Gasteiger partial charge on any atom is -0.338 e. The summed E-state index contributed by atoms with van der Waals surface area (Å²) in [6.45, 7) is 2.32. The normalized spacial score (nSPS) is 21.4. The third-order valence-electron chi connectivity index (χ3n) is 4.54. The molecule has 0 saturated carbocycles. The SMILES string of the molecule is CN1CCC[C@@H](CNC(=O)NCc2cccnc2)[C@H]1c1cccs1. The molecule has 0 aromatic carbocycles. The zero-order valence-corrected chi connectivity index (χ0v) is 14.8. The van der Waals surface area contributed by atoms with E-state index in [-0.39, 0.29) is 6.03 Å². The van der Waals surface area contributed by atoms with E-state index >= 15 is 0 Å². The minimum absolute atomic E-state index is 0.114. The van der Waals surface area contributed by atoms with Gasteiger partial charge >= 0.3 is 6.03 Å². The fourth-order valence-electron chi connectivity index (χ4n) is 3.35. The van der Waals surface area contributed by atoms with E-state index in [0.717, 1.165) is 18.5 Å². The van der Waals surface area contributed by atoms with E-state index in [0.29, 0.717) is 25.0 Å². The van der Waals surface area contributed by atoms with Gasteiger partial charge in [0, 0.05) is 36.4 Å². The quantitative estimate of drug-likeness (QED) is 0.876. The van der Waals surface area contributed by atoms with E-state index in [9.17, 15) is 4.79 Å². The molecule has 0 radical (unpaired) electrons. The fourth-order valence-corrected chi connectivity index (χ4v) is 4.34. The van der Waals surface area contributed by atoms with Gasteiger partial charge in [-0.3, -0.25) is 9.88 Å². The van der Waals surface area contributed by atoms with Gasteiger partial charge in [-0.25, -0.2) is 4.79 Å². The van der Waals surface area contributed by atoms with Crippen LogP contribution in [0.1, 0.15) is 29.3 Å². The lowest BCUT2D eigenvalue weighted by Gasteiger charge is -2.38. The van der Waals surface area contributed by atoms with E-state index in [2.05, 4.69) is 45.1 Å². The summed E-state index contributed by atoms with van der Waals surface area (Å²) < 4.78 is 0. The molecule has 0 spiro atoms. The van der Waals surface area contributed by atoms with Crippen molar-refractivity contribution >= 4 is 17.4 Å². The fraction of sp³-hybridized carbons (Fsp3) is 0.444. The van der Waals surface area contributed by atoms with Crippen LogP contribution in [0.15, 0.2) is 42.0 Å². The second-order valence-corrected chi connectivity index (χ2v) is 7.25. The molecular formula is C18H24N4OS. The highest BCUT2D eigenvalue weighted by Crippen LogP contribution is 2.36. The number of carbonyl (C=O) groups excluding carboxylic acids is 1. The van der Waals surface area contributed by atoms with Crippen molar-refractivity contribution in [1.82, 2.24) is 20.5 Å². The molecule has 0 aliphatic carbocycles. The number of aromatic nitrogens is 1. The first-order chi connectivity index (χ1) is 11.7. The van der Waals surface area contributed by atoms with Gasteiger partial charge in [0.2, 0.25) is 0 Å². The average Bonchev–Trinajstić information content (AvgIpc) is 3.13. The summed E-state index contributed by atoms with van der Waals surface area (Å²) in [5, 5.41) is 8.07. The molecule has 2 N–H and O–H groups in total. The molecule has 3 rings (SSSR count). The standard InChI is InChI=1S/C18H24N4OS/c1-22-9-3-6-15(17(22)16-7-4-10-24-16)13-21-18(23)20-12-14-5-2-8-19-11-14/h2,4-5,7-8,10-11,15,17H,3,6,9,12-13H2,1H3,(H2,20,21,23)/t15-,17-/m0/s1. The van der Waals surface area contributed by atoms with Gasteiger partial charge in [-0.2, -0.15) is 0 Å². The summed E-state index contributed by atoms with van der Waals surface area (Å²) in [6.07, 6.45) is 5.83. The third-order valence-corrected chi connectivity index (χ3v) is 5.49. The molecule has 0 bridgehead atoms. The summed E-state index contributed by atoms with van der Waals surface area (Å²) in [7, 11) is 2.18. The van der Waals surface area contributed by atoms with Crippen LogP contribution in [0, 0.1) is 5.92 Å². The Balaban J connectivity index is 1.51. The lowest BCUT2D eigenvalue weighted by molar-refractivity contribution is 0.123. The Bertz CT molecular complexity index is 632. The first kappa shape index (κ1) is 16.9. The summed E-state index contributed by atoms with van der Waals surface area (Å²) in [6, 6.07) is 8.42. The van der Waals surface area contributed by atoms with Crippen LogP contribution in [0.4, 0.5) is 4.79 Å². The molecule has 3 heterocycles. The number of carbonyl (C=O) groups is 1. The second kappa shape index (κ2) is 8.26. The van der Waals surface area contributed by atoms with E-state index in [1.54, 1.807) is 23.7 Å². The molecule has 5 nitrogen and oxygen atoms in total. The van der Waals surface area contributed by atoms with Crippen LogP contribution in [0.3, 0.4) is 0 Å². The minimum atomic E-state index is -0.114. The summed E-state index contributed by atoms with van der Waals surface area (Å²) in [5.41, 5.74) is 1.00. The molecule has 0 unspecified atom stereocenters. The number of hydrogen-bond donors (Lipinski definition) is 2. The molecule has 2 atom stereocenters. The number of hydrogen-bond acceptors (Lipinski definition) is 4. The number of amides is 2. The molecule has 24 heavy (non-hydrogen) atoms. The van der Waals surface area contributed by atoms with Crippen LogP contribution >= 0.6 is 11.3 Å².